The van der Waals surface area contributed by atoms with E-state index >= 15 is 0 Å². The van der Waals surface area contributed by atoms with Crippen molar-refractivity contribution in [3.05, 3.63) is 47.1 Å². The van der Waals surface area contributed by atoms with Crippen molar-refractivity contribution in [2.45, 2.75) is 92.9 Å². The van der Waals surface area contributed by atoms with E-state index in [-0.39, 0.29) is 40.4 Å². The maximum atomic E-state index is 12.4. The van der Waals surface area contributed by atoms with Crippen LogP contribution in [0.25, 0.3) is 0 Å². The highest BCUT2D eigenvalue weighted by atomic mass is 16.4. The maximum Gasteiger partial charge on any atom is 0.306 e. The zero-order valence-electron chi connectivity index (χ0n) is 22.0. The van der Waals surface area contributed by atoms with Gasteiger partial charge >= 0.3 is 11.9 Å². The smallest absolute Gasteiger partial charge is 0.306 e. The first-order valence-electron chi connectivity index (χ1n) is 12.9. The zero-order chi connectivity index (χ0) is 25.5. The van der Waals surface area contributed by atoms with E-state index in [2.05, 4.69) is 66.3 Å². The van der Waals surface area contributed by atoms with Crippen LogP contribution in [0.2, 0.25) is 0 Å². The van der Waals surface area contributed by atoms with Crippen molar-refractivity contribution in [1.82, 2.24) is 0 Å². The van der Waals surface area contributed by atoms with E-state index in [9.17, 15) is 19.8 Å². The molecule has 0 aromatic carbocycles. The quantitative estimate of drug-likeness (QED) is 0.342. The molecule has 0 aromatic heterocycles. The third-order valence-electron chi connectivity index (χ3n) is 9.88. The second kappa shape index (κ2) is 9.51. The number of aliphatic carboxylic acids is 2. The highest BCUT2D eigenvalue weighted by Crippen LogP contribution is 2.70. The van der Waals surface area contributed by atoms with Gasteiger partial charge in [0.2, 0.25) is 0 Å². The highest BCUT2D eigenvalue weighted by molar-refractivity contribution is 5.71. The Balaban J connectivity index is 2.01. The Kier molecular flexibility index (Phi) is 7.41. The lowest BCUT2D eigenvalue weighted by molar-refractivity contribution is -0.146. The number of hydrogen-bond donors (Lipinski definition) is 2. The predicted molar refractivity (Wildman–Crippen MR) is 137 cm³/mol. The fourth-order valence-electron chi connectivity index (χ4n) is 7.67. The molecule has 3 aliphatic carbocycles. The van der Waals surface area contributed by atoms with Gasteiger partial charge in [-0.15, -0.1) is 0 Å². The molecule has 4 heteroatoms. The predicted octanol–water partition coefficient (Wildman–Crippen LogP) is 7.58. The Morgan fingerprint density at radius 1 is 1.15 bits per heavy atom. The molecule has 3 rings (SSSR count). The van der Waals surface area contributed by atoms with Crippen LogP contribution in [-0.2, 0) is 9.59 Å². The van der Waals surface area contributed by atoms with E-state index in [1.54, 1.807) is 0 Å². The van der Waals surface area contributed by atoms with E-state index in [1.807, 2.05) is 0 Å². The second-order valence-electron chi connectivity index (χ2n) is 12.1. The minimum Gasteiger partial charge on any atom is -0.481 e. The van der Waals surface area contributed by atoms with E-state index < -0.39 is 11.9 Å². The van der Waals surface area contributed by atoms with Crippen molar-refractivity contribution in [1.29, 1.82) is 0 Å². The highest BCUT2D eigenvalue weighted by Gasteiger charge is 2.62. The average Bonchev–Trinajstić information content (AvgIpc) is 3.01. The monoisotopic (exact) mass is 468 g/mol. The first kappa shape index (κ1) is 26.5. The normalized spacial score (nSPS) is 35.4. The van der Waals surface area contributed by atoms with Crippen molar-refractivity contribution < 1.29 is 19.8 Å². The number of carboxylic acids is 2. The van der Waals surface area contributed by atoms with Crippen LogP contribution < -0.4 is 0 Å². The summed E-state index contributed by atoms with van der Waals surface area (Å²) in [4.78, 5) is 23.9. The van der Waals surface area contributed by atoms with Crippen LogP contribution in [0, 0.1) is 34.0 Å². The Morgan fingerprint density at radius 3 is 2.38 bits per heavy atom. The van der Waals surface area contributed by atoms with Gasteiger partial charge in [0.25, 0.3) is 0 Å². The Hall–Kier alpha value is -2.10. The maximum absolute atomic E-state index is 12.4. The summed E-state index contributed by atoms with van der Waals surface area (Å²) in [5.74, 6) is -1.42. The van der Waals surface area contributed by atoms with Gasteiger partial charge in [0.05, 0.1) is 5.92 Å². The summed E-state index contributed by atoms with van der Waals surface area (Å²) in [7, 11) is 0. The van der Waals surface area contributed by atoms with Gasteiger partial charge in [0.1, 0.15) is 0 Å². The lowest BCUT2D eigenvalue weighted by atomic mass is 9.48. The summed E-state index contributed by atoms with van der Waals surface area (Å²) in [5, 5.41) is 19.7. The third-order valence-corrected chi connectivity index (χ3v) is 9.88. The lowest BCUT2D eigenvalue weighted by Gasteiger charge is -2.56. The Bertz CT molecular complexity index is 949. The molecule has 0 radical (unpaired) electrons. The number of hydrogen-bond acceptors (Lipinski definition) is 2. The van der Waals surface area contributed by atoms with Gasteiger partial charge in [-0.1, -0.05) is 56.7 Å². The fourth-order valence-corrected chi connectivity index (χ4v) is 7.67. The largest absolute Gasteiger partial charge is 0.481 e. The number of fused-ring (bicyclic) bond motifs is 3. The van der Waals surface area contributed by atoms with Gasteiger partial charge in [-0.2, -0.15) is 0 Å². The number of carbonyl (C=O) groups is 2. The molecule has 0 heterocycles. The Morgan fingerprint density at radius 2 is 1.82 bits per heavy atom. The summed E-state index contributed by atoms with van der Waals surface area (Å²) in [6.07, 6.45) is 12.7. The molecule has 0 aromatic rings. The third kappa shape index (κ3) is 4.33. The summed E-state index contributed by atoms with van der Waals surface area (Å²) < 4.78 is 0. The van der Waals surface area contributed by atoms with Crippen LogP contribution in [0.5, 0.6) is 0 Å². The van der Waals surface area contributed by atoms with Crippen LogP contribution in [0.15, 0.2) is 47.1 Å². The Labute approximate surface area is 205 Å². The number of carboxylic acid groups (broad SMARTS) is 2. The number of allylic oxidation sites excluding steroid dienone is 7. The first-order chi connectivity index (χ1) is 15.8. The zero-order valence-corrected chi connectivity index (χ0v) is 22.0. The minimum absolute atomic E-state index is 0.101. The van der Waals surface area contributed by atoms with Crippen molar-refractivity contribution >= 4 is 11.9 Å². The molecule has 188 valence electrons. The standard InChI is InChI=1S/C30H44O4/c1-19(2)9-8-10-21(27(33)34)23-13-17-30(7)25-12-11-22(20(3)4)28(5,16-15-26(31)32)24(25)14-18-29(23,30)6/h9,12,14,21-23H,3,8,10-11,13,15-18H2,1-2,4-7H3,(H,31,32)(H,33,34)/t21-,22+,23-,28+,29-,30+/m1/s1. The molecule has 34 heavy (non-hydrogen) atoms. The SMILES string of the molecule is C=C(C)[C@@H]1CC=C2C(=CC[C@]3(C)[C@@H]([C@@H](CCC=C(C)C)C(=O)O)CC[C@@]23C)[C@@]1(C)CCC(=O)O. The van der Waals surface area contributed by atoms with Crippen molar-refractivity contribution in [3.63, 3.8) is 0 Å². The summed E-state index contributed by atoms with van der Waals surface area (Å²) in [6, 6.07) is 0. The van der Waals surface area contributed by atoms with Gasteiger partial charge in [0, 0.05) is 6.42 Å². The van der Waals surface area contributed by atoms with Crippen LogP contribution in [0.4, 0.5) is 0 Å². The average molecular weight is 469 g/mol. The van der Waals surface area contributed by atoms with Gasteiger partial charge in [0.15, 0.2) is 0 Å². The molecule has 3 aliphatic rings. The summed E-state index contributed by atoms with van der Waals surface area (Å²) >= 11 is 0. The molecule has 0 amide bonds. The minimum atomic E-state index is -0.758. The topological polar surface area (TPSA) is 74.6 Å². The summed E-state index contributed by atoms with van der Waals surface area (Å²) in [5.41, 5.74) is 4.50. The molecule has 1 fully saturated rings. The lowest BCUT2D eigenvalue weighted by Crippen LogP contribution is -2.48. The van der Waals surface area contributed by atoms with E-state index in [4.69, 9.17) is 0 Å². The van der Waals surface area contributed by atoms with Gasteiger partial charge in [-0.05, 0) is 105 Å². The molecule has 4 nitrogen and oxygen atoms in total. The van der Waals surface area contributed by atoms with Crippen molar-refractivity contribution in [2.24, 2.45) is 34.0 Å². The molecule has 0 aliphatic heterocycles. The van der Waals surface area contributed by atoms with E-state index in [0.717, 1.165) is 37.7 Å². The van der Waals surface area contributed by atoms with Crippen LogP contribution in [-0.4, -0.2) is 22.2 Å². The van der Waals surface area contributed by atoms with Gasteiger partial charge < -0.3 is 10.2 Å². The molecule has 1 saturated carbocycles. The second-order valence-corrected chi connectivity index (χ2v) is 12.1. The van der Waals surface area contributed by atoms with Crippen molar-refractivity contribution in [3.8, 4) is 0 Å². The fraction of sp³-hybridized carbons (Fsp3) is 0.667. The molecule has 6 atom stereocenters. The molecule has 0 bridgehead atoms. The van der Waals surface area contributed by atoms with E-state index in [1.165, 1.54) is 16.7 Å². The number of rotatable bonds is 9. The van der Waals surface area contributed by atoms with Crippen LogP contribution in [0.3, 0.4) is 0 Å². The first-order valence-corrected chi connectivity index (χ1v) is 12.9. The van der Waals surface area contributed by atoms with Crippen LogP contribution in [0.1, 0.15) is 92.9 Å². The van der Waals surface area contributed by atoms with E-state index in [0.29, 0.717) is 12.8 Å². The molecule has 0 saturated heterocycles. The summed E-state index contributed by atoms with van der Waals surface area (Å²) in [6.45, 7) is 17.3. The van der Waals surface area contributed by atoms with Gasteiger partial charge in [-0.3, -0.25) is 9.59 Å². The molecule has 0 unspecified atom stereocenters. The molecule has 2 N–H and O–H groups in total. The molecule has 0 spiro atoms. The van der Waals surface area contributed by atoms with Crippen LogP contribution >= 0.6 is 0 Å². The van der Waals surface area contributed by atoms with Gasteiger partial charge in [-0.25, -0.2) is 0 Å². The molecular weight excluding hydrogens is 424 g/mol. The molecular formula is C30H44O4. The van der Waals surface area contributed by atoms with Crippen molar-refractivity contribution in [2.75, 3.05) is 0 Å².